The van der Waals surface area contributed by atoms with Crippen molar-refractivity contribution in [3.05, 3.63) is 29.3 Å². The topological polar surface area (TPSA) is 92.8 Å². The number of carbonyl (C=O) groups is 2. The van der Waals surface area contributed by atoms with E-state index in [9.17, 15) is 18.0 Å². The zero-order chi connectivity index (χ0) is 21.6. The first-order valence-corrected chi connectivity index (χ1v) is 11.7. The molecule has 0 aliphatic heterocycles. The molecular formula is C20H29ClN2O5S. The lowest BCUT2D eigenvalue weighted by Crippen LogP contribution is -2.46. The van der Waals surface area contributed by atoms with Crippen LogP contribution in [0, 0.1) is 11.8 Å². The maximum Gasteiger partial charge on any atom is 0.324 e. The van der Waals surface area contributed by atoms with Crippen molar-refractivity contribution in [1.29, 1.82) is 0 Å². The van der Waals surface area contributed by atoms with Crippen molar-refractivity contribution in [3.8, 4) is 0 Å². The van der Waals surface area contributed by atoms with Crippen molar-refractivity contribution in [2.75, 3.05) is 19.7 Å². The second-order valence-electron chi connectivity index (χ2n) is 7.69. The fourth-order valence-electron chi connectivity index (χ4n) is 2.82. The number of nitrogens with zero attached hydrogens (tertiary/aromatic N) is 1. The molecule has 162 valence electrons. The van der Waals surface area contributed by atoms with E-state index in [-0.39, 0.29) is 16.7 Å². The first-order chi connectivity index (χ1) is 13.6. The molecule has 2 rings (SSSR count). The van der Waals surface area contributed by atoms with Crippen LogP contribution in [0.2, 0.25) is 5.02 Å². The predicted molar refractivity (Wildman–Crippen MR) is 111 cm³/mol. The van der Waals surface area contributed by atoms with Crippen LogP contribution in [-0.2, 0) is 24.3 Å². The van der Waals surface area contributed by atoms with Crippen LogP contribution in [0.3, 0.4) is 0 Å². The van der Waals surface area contributed by atoms with E-state index >= 15 is 0 Å². The van der Waals surface area contributed by atoms with E-state index in [1.807, 2.05) is 6.92 Å². The number of rotatable bonds is 11. The van der Waals surface area contributed by atoms with Crippen molar-refractivity contribution >= 4 is 33.5 Å². The number of benzene rings is 1. The Morgan fingerprint density at radius 1 is 1.24 bits per heavy atom. The van der Waals surface area contributed by atoms with Crippen molar-refractivity contribution in [1.82, 2.24) is 9.62 Å². The molecule has 1 fully saturated rings. The molecule has 1 amide bonds. The van der Waals surface area contributed by atoms with Gasteiger partial charge in [-0.2, -0.15) is 4.72 Å². The molecule has 0 saturated heterocycles. The van der Waals surface area contributed by atoms with Gasteiger partial charge in [0.1, 0.15) is 6.04 Å². The molecule has 1 aromatic rings. The Labute approximate surface area is 177 Å². The average molecular weight is 445 g/mol. The Morgan fingerprint density at radius 2 is 1.86 bits per heavy atom. The summed E-state index contributed by atoms with van der Waals surface area (Å²) >= 11 is 5.80. The van der Waals surface area contributed by atoms with Gasteiger partial charge in [-0.25, -0.2) is 8.42 Å². The van der Waals surface area contributed by atoms with Crippen molar-refractivity contribution < 1.29 is 22.7 Å². The van der Waals surface area contributed by atoms with Gasteiger partial charge >= 0.3 is 5.97 Å². The van der Waals surface area contributed by atoms with Crippen molar-refractivity contribution in [2.45, 2.75) is 51.0 Å². The summed E-state index contributed by atoms with van der Waals surface area (Å²) in [4.78, 5) is 26.7. The average Bonchev–Trinajstić information content (AvgIpc) is 3.48. The number of ether oxygens (including phenoxy) is 1. The van der Waals surface area contributed by atoms with Crippen LogP contribution in [0.25, 0.3) is 0 Å². The molecule has 0 bridgehead atoms. The standard InChI is InChI=1S/C20H29ClN2O5S/c1-4-11-23(12-15-5-6-15)18(24)13-28-20(25)19(14(2)3)22-29(26,27)17-9-7-16(21)8-10-17/h7-10,14-15,19,22H,4-6,11-13H2,1-3H3. The van der Waals surface area contributed by atoms with Gasteiger partial charge in [-0.1, -0.05) is 32.4 Å². The van der Waals surface area contributed by atoms with Gasteiger partial charge in [0, 0.05) is 18.1 Å². The number of sulfonamides is 1. The van der Waals surface area contributed by atoms with Crippen LogP contribution in [-0.4, -0.2) is 50.9 Å². The summed E-state index contributed by atoms with van der Waals surface area (Å²) in [7, 11) is -3.94. The highest BCUT2D eigenvalue weighted by Crippen LogP contribution is 2.29. The predicted octanol–water partition coefficient (Wildman–Crippen LogP) is 2.83. The molecule has 1 N–H and O–H groups in total. The Morgan fingerprint density at radius 3 is 2.38 bits per heavy atom. The number of hydrogen-bond donors (Lipinski definition) is 1. The normalized spacial score (nSPS) is 15.2. The molecule has 0 heterocycles. The summed E-state index contributed by atoms with van der Waals surface area (Å²) in [5.74, 6) is -0.849. The number of halogens is 1. The summed E-state index contributed by atoms with van der Waals surface area (Å²) in [6.45, 7) is 6.30. The third kappa shape index (κ3) is 7.28. The zero-order valence-electron chi connectivity index (χ0n) is 17.1. The molecule has 1 aliphatic carbocycles. The molecular weight excluding hydrogens is 416 g/mol. The van der Waals surface area contributed by atoms with E-state index in [0.29, 0.717) is 24.0 Å². The molecule has 0 spiro atoms. The minimum absolute atomic E-state index is 0.00465. The highest BCUT2D eigenvalue weighted by atomic mass is 35.5. The highest BCUT2D eigenvalue weighted by Gasteiger charge is 2.31. The maximum absolute atomic E-state index is 12.6. The van der Waals surface area contributed by atoms with Crippen LogP contribution < -0.4 is 4.72 Å². The highest BCUT2D eigenvalue weighted by molar-refractivity contribution is 7.89. The van der Waals surface area contributed by atoms with E-state index in [4.69, 9.17) is 16.3 Å². The molecule has 1 atom stereocenters. The van der Waals surface area contributed by atoms with Gasteiger partial charge in [-0.15, -0.1) is 0 Å². The summed E-state index contributed by atoms with van der Waals surface area (Å²) in [6, 6.07) is 4.53. The van der Waals surface area contributed by atoms with Gasteiger partial charge in [-0.05, 0) is 55.4 Å². The van der Waals surface area contributed by atoms with Crippen LogP contribution in [0.1, 0.15) is 40.0 Å². The molecule has 1 aromatic carbocycles. The second kappa shape index (κ2) is 10.4. The van der Waals surface area contributed by atoms with Gasteiger partial charge in [0.05, 0.1) is 4.90 Å². The fraction of sp³-hybridized carbons (Fsp3) is 0.600. The second-order valence-corrected chi connectivity index (χ2v) is 9.84. The SMILES string of the molecule is CCCN(CC1CC1)C(=O)COC(=O)C(NS(=O)(=O)c1ccc(Cl)cc1)C(C)C. The summed E-state index contributed by atoms with van der Waals surface area (Å²) in [6.07, 6.45) is 3.06. The molecule has 1 saturated carbocycles. The number of amides is 1. The Kier molecular flexibility index (Phi) is 8.48. The van der Waals surface area contributed by atoms with Crippen LogP contribution >= 0.6 is 11.6 Å². The number of hydrogen-bond acceptors (Lipinski definition) is 5. The lowest BCUT2D eigenvalue weighted by molar-refractivity contribution is -0.154. The molecule has 0 aromatic heterocycles. The smallest absolute Gasteiger partial charge is 0.324 e. The fourth-order valence-corrected chi connectivity index (χ4v) is 4.28. The monoisotopic (exact) mass is 444 g/mol. The Bertz CT molecular complexity index is 807. The molecule has 1 unspecified atom stereocenters. The van der Waals surface area contributed by atoms with Gasteiger partial charge in [0.15, 0.2) is 6.61 Å². The van der Waals surface area contributed by atoms with E-state index in [1.54, 1.807) is 18.7 Å². The van der Waals surface area contributed by atoms with Crippen LogP contribution in [0.4, 0.5) is 0 Å². The van der Waals surface area contributed by atoms with Crippen molar-refractivity contribution in [3.63, 3.8) is 0 Å². The van der Waals surface area contributed by atoms with Crippen LogP contribution in [0.15, 0.2) is 29.2 Å². The number of carbonyl (C=O) groups excluding carboxylic acids is 2. The van der Waals surface area contributed by atoms with Gasteiger partial charge < -0.3 is 9.64 Å². The van der Waals surface area contributed by atoms with Gasteiger partial charge in [0.2, 0.25) is 10.0 Å². The minimum atomic E-state index is -3.94. The maximum atomic E-state index is 12.6. The summed E-state index contributed by atoms with van der Waals surface area (Å²) in [5, 5.41) is 0.408. The number of esters is 1. The third-order valence-corrected chi connectivity index (χ3v) is 6.40. The lowest BCUT2D eigenvalue weighted by atomic mass is 10.1. The van der Waals surface area contributed by atoms with Crippen LogP contribution in [0.5, 0.6) is 0 Å². The van der Waals surface area contributed by atoms with Gasteiger partial charge in [-0.3, -0.25) is 9.59 Å². The van der Waals surface area contributed by atoms with E-state index in [2.05, 4.69) is 4.72 Å². The molecule has 7 nitrogen and oxygen atoms in total. The van der Waals surface area contributed by atoms with E-state index in [0.717, 1.165) is 19.3 Å². The summed E-state index contributed by atoms with van der Waals surface area (Å²) in [5.41, 5.74) is 0. The Hall–Kier alpha value is -1.64. The van der Waals surface area contributed by atoms with Gasteiger partial charge in [0.25, 0.3) is 5.91 Å². The summed E-state index contributed by atoms with van der Waals surface area (Å²) < 4.78 is 32.7. The molecule has 0 radical (unpaired) electrons. The third-order valence-electron chi connectivity index (χ3n) is 4.69. The zero-order valence-corrected chi connectivity index (χ0v) is 18.6. The first kappa shape index (κ1) is 23.6. The minimum Gasteiger partial charge on any atom is -0.454 e. The van der Waals surface area contributed by atoms with Crippen molar-refractivity contribution in [2.24, 2.45) is 11.8 Å². The van der Waals surface area contributed by atoms with E-state index in [1.165, 1.54) is 24.3 Å². The molecule has 29 heavy (non-hydrogen) atoms. The molecule has 9 heteroatoms. The Balaban J connectivity index is 1.99. The number of nitrogens with one attached hydrogen (secondary N) is 1. The largest absolute Gasteiger partial charge is 0.454 e. The first-order valence-electron chi connectivity index (χ1n) is 9.86. The van der Waals surface area contributed by atoms with E-state index < -0.39 is 28.6 Å². The quantitative estimate of drug-likeness (QED) is 0.530. The lowest BCUT2D eigenvalue weighted by Gasteiger charge is -2.24. The molecule has 1 aliphatic rings.